The van der Waals surface area contributed by atoms with Crippen LogP contribution in [0.25, 0.3) is 0 Å². The first-order valence-corrected chi connectivity index (χ1v) is 9.09. The molecule has 0 aliphatic heterocycles. The fourth-order valence-electron chi connectivity index (χ4n) is 2.34. The molecule has 2 N–H and O–H groups in total. The highest BCUT2D eigenvalue weighted by Crippen LogP contribution is 2.10. The van der Waals surface area contributed by atoms with Crippen LogP contribution in [0.2, 0.25) is 0 Å². The molecule has 0 amide bonds. The summed E-state index contributed by atoms with van der Waals surface area (Å²) in [7, 11) is 1.81. The summed E-state index contributed by atoms with van der Waals surface area (Å²) in [4.78, 5) is 12.4. The number of guanidine groups is 1. The second-order valence-electron chi connectivity index (χ2n) is 5.41. The Hall–Kier alpha value is -1.14. The summed E-state index contributed by atoms with van der Waals surface area (Å²) in [6.07, 6.45) is 5.50. The number of aromatic nitrogens is 1. The maximum atomic E-state index is 4.35. The second-order valence-corrected chi connectivity index (χ2v) is 6.73. The SMILES string of the molecule is CCCN(CCC)CCCNC(=NC)NCc1ncc(C)s1. The molecule has 1 aromatic heterocycles. The fourth-order valence-corrected chi connectivity index (χ4v) is 3.07. The van der Waals surface area contributed by atoms with Gasteiger partial charge in [-0.05, 0) is 45.8 Å². The quantitative estimate of drug-likeness (QED) is 0.394. The van der Waals surface area contributed by atoms with Crippen molar-refractivity contribution >= 4 is 17.3 Å². The van der Waals surface area contributed by atoms with Gasteiger partial charge in [0.15, 0.2) is 5.96 Å². The summed E-state index contributed by atoms with van der Waals surface area (Å²) in [5.41, 5.74) is 0. The summed E-state index contributed by atoms with van der Waals surface area (Å²) in [5.74, 6) is 0.852. The highest BCUT2D eigenvalue weighted by Gasteiger charge is 2.03. The maximum absolute atomic E-state index is 4.35. The summed E-state index contributed by atoms with van der Waals surface area (Å²) in [5, 5.41) is 7.78. The first-order valence-electron chi connectivity index (χ1n) is 8.27. The molecule has 0 aliphatic rings. The predicted molar refractivity (Wildman–Crippen MR) is 96.7 cm³/mol. The van der Waals surface area contributed by atoms with E-state index in [1.165, 1.54) is 30.8 Å². The van der Waals surface area contributed by atoms with Crippen LogP contribution in [0.3, 0.4) is 0 Å². The van der Waals surface area contributed by atoms with Crippen molar-refractivity contribution in [2.75, 3.05) is 33.2 Å². The van der Waals surface area contributed by atoms with Crippen LogP contribution >= 0.6 is 11.3 Å². The zero-order chi connectivity index (χ0) is 16.2. The largest absolute Gasteiger partial charge is 0.356 e. The number of nitrogens with zero attached hydrogens (tertiary/aromatic N) is 3. The first-order chi connectivity index (χ1) is 10.7. The van der Waals surface area contributed by atoms with Gasteiger partial charge in [-0.3, -0.25) is 4.99 Å². The minimum atomic E-state index is 0.732. The lowest BCUT2D eigenvalue weighted by Crippen LogP contribution is -2.38. The summed E-state index contributed by atoms with van der Waals surface area (Å²) >= 11 is 1.72. The van der Waals surface area contributed by atoms with Crippen LogP contribution < -0.4 is 10.6 Å². The van der Waals surface area contributed by atoms with Crippen LogP contribution in [0.15, 0.2) is 11.2 Å². The van der Waals surface area contributed by atoms with Crippen molar-refractivity contribution in [3.8, 4) is 0 Å². The Labute approximate surface area is 139 Å². The molecule has 5 nitrogen and oxygen atoms in total. The fraction of sp³-hybridized carbons (Fsp3) is 0.750. The molecule has 0 radical (unpaired) electrons. The third kappa shape index (κ3) is 7.75. The molecule has 0 aliphatic carbocycles. The van der Waals surface area contributed by atoms with Crippen molar-refractivity contribution in [2.24, 2.45) is 4.99 Å². The molecule has 22 heavy (non-hydrogen) atoms. The number of hydrogen-bond acceptors (Lipinski definition) is 4. The normalized spacial score (nSPS) is 12.0. The molecule has 0 saturated heterocycles. The molecular formula is C16H31N5S. The zero-order valence-electron chi connectivity index (χ0n) is 14.5. The van der Waals surface area contributed by atoms with Crippen molar-refractivity contribution in [3.63, 3.8) is 0 Å². The van der Waals surface area contributed by atoms with Crippen molar-refractivity contribution in [1.82, 2.24) is 20.5 Å². The molecule has 0 bridgehead atoms. The van der Waals surface area contributed by atoms with E-state index in [0.29, 0.717) is 0 Å². The van der Waals surface area contributed by atoms with E-state index in [0.717, 1.165) is 37.0 Å². The lowest BCUT2D eigenvalue weighted by atomic mass is 10.3. The van der Waals surface area contributed by atoms with E-state index >= 15 is 0 Å². The summed E-state index contributed by atoms with van der Waals surface area (Å²) < 4.78 is 0. The molecule has 0 unspecified atom stereocenters. The molecule has 0 saturated carbocycles. The monoisotopic (exact) mass is 325 g/mol. The zero-order valence-corrected chi connectivity index (χ0v) is 15.3. The number of aryl methyl sites for hydroxylation is 1. The van der Waals surface area contributed by atoms with Crippen molar-refractivity contribution in [3.05, 3.63) is 16.1 Å². The Kier molecular flexibility index (Phi) is 9.82. The topological polar surface area (TPSA) is 52.5 Å². The van der Waals surface area contributed by atoms with Gasteiger partial charge in [0.1, 0.15) is 5.01 Å². The Balaban J connectivity index is 2.20. The van der Waals surface area contributed by atoms with Crippen LogP contribution in [0.4, 0.5) is 0 Å². The van der Waals surface area contributed by atoms with Gasteiger partial charge in [-0.25, -0.2) is 4.98 Å². The van der Waals surface area contributed by atoms with Crippen molar-refractivity contribution < 1.29 is 0 Å². The summed E-state index contributed by atoms with van der Waals surface area (Å²) in [6.45, 7) is 11.8. The predicted octanol–water partition coefficient (Wildman–Crippen LogP) is 2.63. The van der Waals surface area contributed by atoms with Gasteiger partial charge < -0.3 is 15.5 Å². The highest BCUT2D eigenvalue weighted by molar-refractivity contribution is 7.11. The molecule has 1 heterocycles. The van der Waals surface area contributed by atoms with E-state index in [1.54, 1.807) is 11.3 Å². The van der Waals surface area contributed by atoms with E-state index in [2.05, 4.69) is 46.3 Å². The second kappa shape index (κ2) is 11.4. The Morgan fingerprint density at radius 3 is 2.50 bits per heavy atom. The molecule has 1 aromatic rings. The Morgan fingerprint density at radius 2 is 1.95 bits per heavy atom. The molecule has 0 aromatic carbocycles. The van der Waals surface area contributed by atoms with Crippen LogP contribution in [0.1, 0.15) is 43.0 Å². The van der Waals surface area contributed by atoms with E-state index < -0.39 is 0 Å². The average molecular weight is 326 g/mol. The smallest absolute Gasteiger partial charge is 0.191 e. The number of thiazole rings is 1. The molecule has 0 spiro atoms. The molecule has 0 atom stereocenters. The molecule has 6 heteroatoms. The number of nitrogens with one attached hydrogen (secondary N) is 2. The average Bonchev–Trinajstić information content (AvgIpc) is 2.92. The molecule has 1 rings (SSSR count). The molecule has 126 valence electrons. The van der Waals surface area contributed by atoms with Crippen LogP contribution in [-0.4, -0.2) is 49.1 Å². The van der Waals surface area contributed by atoms with Gasteiger partial charge in [0.25, 0.3) is 0 Å². The van der Waals surface area contributed by atoms with Gasteiger partial charge in [-0.2, -0.15) is 0 Å². The van der Waals surface area contributed by atoms with E-state index in [4.69, 9.17) is 0 Å². The van der Waals surface area contributed by atoms with E-state index in [-0.39, 0.29) is 0 Å². The van der Waals surface area contributed by atoms with Gasteiger partial charge in [-0.1, -0.05) is 13.8 Å². The van der Waals surface area contributed by atoms with E-state index in [1.807, 2.05) is 13.2 Å². The molecule has 0 fully saturated rings. The first kappa shape index (κ1) is 18.9. The number of rotatable bonds is 10. The third-order valence-electron chi connectivity index (χ3n) is 3.32. The van der Waals surface area contributed by atoms with Crippen molar-refractivity contribution in [2.45, 2.75) is 46.6 Å². The maximum Gasteiger partial charge on any atom is 0.191 e. The lowest BCUT2D eigenvalue weighted by Gasteiger charge is -2.21. The van der Waals surface area contributed by atoms with Gasteiger partial charge in [0, 0.05) is 24.7 Å². The minimum Gasteiger partial charge on any atom is -0.356 e. The van der Waals surface area contributed by atoms with Crippen LogP contribution in [0, 0.1) is 6.92 Å². The highest BCUT2D eigenvalue weighted by atomic mass is 32.1. The minimum absolute atomic E-state index is 0.732. The summed E-state index contributed by atoms with van der Waals surface area (Å²) in [6, 6.07) is 0. The van der Waals surface area contributed by atoms with Crippen LogP contribution in [-0.2, 0) is 6.54 Å². The Morgan fingerprint density at radius 1 is 1.23 bits per heavy atom. The van der Waals surface area contributed by atoms with Gasteiger partial charge >= 0.3 is 0 Å². The third-order valence-corrected chi connectivity index (χ3v) is 4.24. The number of hydrogen-bond donors (Lipinski definition) is 2. The lowest BCUT2D eigenvalue weighted by molar-refractivity contribution is 0.271. The van der Waals surface area contributed by atoms with Gasteiger partial charge in [0.05, 0.1) is 6.54 Å². The molecular weight excluding hydrogens is 294 g/mol. The number of aliphatic imine (C=N–C) groups is 1. The van der Waals surface area contributed by atoms with Gasteiger partial charge in [0.2, 0.25) is 0 Å². The van der Waals surface area contributed by atoms with Gasteiger partial charge in [-0.15, -0.1) is 11.3 Å². The van der Waals surface area contributed by atoms with Crippen LogP contribution in [0.5, 0.6) is 0 Å². The standard InChI is InChI=1S/C16H31N5S/c1-5-9-21(10-6-2)11-7-8-18-16(17-4)20-13-15-19-12-14(3)22-15/h12H,5-11,13H2,1-4H3,(H2,17,18,20). The van der Waals surface area contributed by atoms with Crippen molar-refractivity contribution in [1.29, 1.82) is 0 Å². The van der Waals surface area contributed by atoms with E-state index in [9.17, 15) is 0 Å². The Bertz CT molecular complexity index is 424.